The molecule has 0 aliphatic carbocycles. The number of rotatable bonds is 6. The Labute approximate surface area is 128 Å². The highest BCUT2D eigenvalue weighted by atomic mass is 32.1. The molecule has 1 aromatic heterocycles. The van der Waals surface area contributed by atoms with Crippen molar-refractivity contribution in [3.05, 3.63) is 54.1 Å². The molecule has 0 saturated carbocycles. The fourth-order valence-corrected chi connectivity index (χ4v) is 2.96. The summed E-state index contributed by atoms with van der Waals surface area (Å²) >= 11 is 1.67. The number of thiazole rings is 1. The van der Waals surface area contributed by atoms with E-state index in [1.54, 1.807) is 11.3 Å². The number of fused-ring (bicyclic) bond motifs is 1. The van der Waals surface area contributed by atoms with Crippen LogP contribution in [-0.4, -0.2) is 11.5 Å². The third kappa shape index (κ3) is 3.52. The van der Waals surface area contributed by atoms with Crippen LogP contribution in [0, 0.1) is 0 Å². The molecule has 1 heterocycles. The maximum Gasteiger partial charge on any atom is 0.183 e. The normalized spacial score (nSPS) is 10.7. The monoisotopic (exact) mass is 298 g/mol. The van der Waals surface area contributed by atoms with Crippen LogP contribution in [0.25, 0.3) is 10.2 Å². The zero-order valence-corrected chi connectivity index (χ0v) is 12.8. The zero-order valence-electron chi connectivity index (χ0n) is 12.0. The number of nitrogens with one attached hydrogen (secondary N) is 1. The summed E-state index contributed by atoms with van der Waals surface area (Å²) in [6.07, 6.45) is 1.10. The van der Waals surface area contributed by atoms with Gasteiger partial charge in [0, 0.05) is 6.54 Å². The zero-order chi connectivity index (χ0) is 14.5. The van der Waals surface area contributed by atoms with Crippen LogP contribution in [0.15, 0.2) is 48.5 Å². The molecule has 0 radical (unpaired) electrons. The highest BCUT2D eigenvalue weighted by Gasteiger charge is 2.05. The van der Waals surface area contributed by atoms with Gasteiger partial charge < -0.3 is 10.1 Å². The summed E-state index contributed by atoms with van der Waals surface area (Å²) in [6.45, 7) is 3.69. The summed E-state index contributed by atoms with van der Waals surface area (Å²) in [7, 11) is 0. The van der Waals surface area contributed by atoms with Gasteiger partial charge in [0.25, 0.3) is 0 Å². The molecule has 0 aliphatic rings. The smallest absolute Gasteiger partial charge is 0.183 e. The summed E-state index contributed by atoms with van der Waals surface area (Å²) in [5, 5.41) is 4.31. The van der Waals surface area contributed by atoms with E-state index in [1.165, 1.54) is 5.56 Å². The van der Waals surface area contributed by atoms with E-state index < -0.39 is 0 Å². The molecule has 0 saturated heterocycles. The summed E-state index contributed by atoms with van der Waals surface area (Å²) in [5.74, 6) is 0.886. The van der Waals surface area contributed by atoms with Crippen molar-refractivity contribution in [2.24, 2.45) is 0 Å². The predicted octanol–water partition coefficient (Wildman–Crippen LogP) is 4.70. The van der Waals surface area contributed by atoms with Crippen molar-refractivity contribution < 1.29 is 4.74 Å². The molecule has 0 atom stereocenters. The largest absolute Gasteiger partial charge is 0.489 e. The molecule has 4 heteroatoms. The van der Waals surface area contributed by atoms with E-state index in [0.717, 1.165) is 34.1 Å². The van der Waals surface area contributed by atoms with E-state index in [9.17, 15) is 0 Å². The quantitative estimate of drug-likeness (QED) is 0.716. The Balaban J connectivity index is 1.71. The van der Waals surface area contributed by atoms with Crippen molar-refractivity contribution in [3.63, 3.8) is 0 Å². The molecule has 108 valence electrons. The topological polar surface area (TPSA) is 34.2 Å². The molecular formula is C17H18N2OS. The van der Waals surface area contributed by atoms with Gasteiger partial charge in [-0.15, -0.1) is 0 Å². The number of ether oxygens (including phenoxy) is 1. The molecule has 3 nitrogen and oxygen atoms in total. The molecule has 0 spiro atoms. The maximum atomic E-state index is 5.85. The van der Waals surface area contributed by atoms with Gasteiger partial charge in [-0.05, 0) is 30.2 Å². The van der Waals surface area contributed by atoms with Crippen molar-refractivity contribution in [3.8, 4) is 5.75 Å². The highest BCUT2D eigenvalue weighted by Crippen LogP contribution is 2.29. The minimum absolute atomic E-state index is 0.589. The van der Waals surface area contributed by atoms with Gasteiger partial charge in [-0.25, -0.2) is 4.98 Å². The Morgan fingerprint density at radius 3 is 2.81 bits per heavy atom. The third-order valence-corrected chi connectivity index (χ3v) is 4.11. The second-order valence-corrected chi connectivity index (χ2v) is 5.88. The van der Waals surface area contributed by atoms with Gasteiger partial charge >= 0.3 is 0 Å². The fraction of sp³-hybridized carbons (Fsp3) is 0.235. The Kier molecular flexibility index (Phi) is 4.36. The first-order valence-electron chi connectivity index (χ1n) is 7.16. The van der Waals surface area contributed by atoms with E-state index in [4.69, 9.17) is 4.74 Å². The first kappa shape index (κ1) is 13.9. The van der Waals surface area contributed by atoms with Crippen molar-refractivity contribution in [2.75, 3.05) is 11.9 Å². The van der Waals surface area contributed by atoms with Crippen molar-refractivity contribution in [1.82, 2.24) is 4.98 Å². The summed E-state index contributed by atoms with van der Waals surface area (Å²) < 4.78 is 7.00. The van der Waals surface area contributed by atoms with E-state index in [-0.39, 0.29) is 0 Å². The van der Waals surface area contributed by atoms with Crippen LogP contribution in [0.1, 0.15) is 18.9 Å². The minimum atomic E-state index is 0.589. The molecule has 2 aromatic carbocycles. The number of hydrogen-bond donors (Lipinski definition) is 1. The molecule has 0 fully saturated rings. The van der Waals surface area contributed by atoms with E-state index in [1.807, 2.05) is 30.3 Å². The Morgan fingerprint density at radius 2 is 2.00 bits per heavy atom. The lowest BCUT2D eigenvalue weighted by Gasteiger charge is -2.05. The lowest BCUT2D eigenvalue weighted by molar-refractivity contribution is 0.306. The van der Waals surface area contributed by atoms with Gasteiger partial charge in [0.1, 0.15) is 12.4 Å². The van der Waals surface area contributed by atoms with Crippen LogP contribution in [0.3, 0.4) is 0 Å². The lowest BCUT2D eigenvalue weighted by atomic mass is 10.2. The van der Waals surface area contributed by atoms with Crippen LogP contribution < -0.4 is 10.1 Å². The van der Waals surface area contributed by atoms with E-state index in [0.29, 0.717) is 6.61 Å². The van der Waals surface area contributed by atoms with Crippen LogP contribution in [0.4, 0.5) is 5.13 Å². The van der Waals surface area contributed by atoms with Crippen molar-refractivity contribution >= 4 is 26.7 Å². The number of nitrogens with zero attached hydrogens (tertiary/aromatic N) is 1. The summed E-state index contributed by atoms with van der Waals surface area (Å²) in [5.41, 5.74) is 2.19. The second kappa shape index (κ2) is 6.59. The van der Waals surface area contributed by atoms with Crippen LogP contribution in [-0.2, 0) is 6.61 Å². The van der Waals surface area contributed by atoms with E-state index in [2.05, 4.69) is 35.4 Å². The second-order valence-electron chi connectivity index (χ2n) is 4.85. The minimum Gasteiger partial charge on any atom is -0.489 e. The summed E-state index contributed by atoms with van der Waals surface area (Å²) in [4.78, 5) is 4.56. The predicted molar refractivity (Wildman–Crippen MR) is 89.2 cm³/mol. The maximum absolute atomic E-state index is 5.85. The SMILES string of the molecule is CCCNc1nc2ccc(OCc3ccccc3)cc2s1. The molecule has 0 unspecified atom stereocenters. The van der Waals surface area contributed by atoms with Crippen LogP contribution in [0.5, 0.6) is 5.75 Å². The number of aromatic nitrogens is 1. The first-order chi connectivity index (χ1) is 10.3. The number of benzene rings is 2. The van der Waals surface area contributed by atoms with Crippen molar-refractivity contribution in [2.45, 2.75) is 20.0 Å². The van der Waals surface area contributed by atoms with Gasteiger partial charge in [-0.2, -0.15) is 0 Å². The molecular weight excluding hydrogens is 280 g/mol. The Hall–Kier alpha value is -2.07. The third-order valence-electron chi connectivity index (χ3n) is 3.13. The molecule has 3 rings (SSSR count). The highest BCUT2D eigenvalue weighted by molar-refractivity contribution is 7.22. The van der Waals surface area contributed by atoms with Crippen molar-refractivity contribution in [1.29, 1.82) is 0 Å². The summed E-state index contributed by atoms with van der Waals surface area (Å²) in [6, 6.07) is 16.3. The Bertz CT molecular complexity index is 709. The van der Waals surface area contributed by atoms with Gasteiger partial charge in [0.05, 0.1) is 10.2 Å². The molecule has 21 heavy (non-hydrogen) atoms. The number of anilines is 1. The molecule has 0 amide bonds. The van der Waals surface area contributed by atoms with Crippen LogP contribution in [0.2, 0.25) is 0 Å². The fourth-order valence-electron chi connectivity index (χ4n) is 2.04. The average Bonchev–Trinajstić information content (AvgIpc) is 2.94. The first-order valence-corrected chi connectivity index (χ1v) is 7.98. The van der Waals surface area contributed by atoms with Crippen LogP contribution >= 0.6 is 11.3 Å². The Morgan fingerprint density at radius 1 is 1.14 bits per heavy atom. The van der Waals surface area contributed by atoms with Gasteiger partial charge in [0.2, 0.25) is 0 Å². The van der Waals surface area contributed by atoms with E-state index >= 15 is 0 Å². The standard InChI is InChI=1S/C17H18N2OS/c1-2-10-18-17-19-15-9-8-14(11-16(15)21-17)20-12-13-6-4-3-5-7-13/h3-9,11H,2,10,12H2,1H3,(H,18,19). The molecule has 1 N–H and O–H groups in total. The lowest BCUT2D eigenvalue weighted by Crippen LogP contribution is -1.98. The van der Waals surface area contributed by atoms with Gasteiger partial charge in [-0.1, -0.05) is 48.6 Å². The number of hydrogen-bond acceptors (Lipinski definition) is 4. The molecule has 0 aliphatic heterocycles. The van der Waals surface area contributed by atoms with Gasteiger partial charge in [0.15, 0.2) is 5.13 Å². The molecule has 0 bridgehead atoms. The van der Waals surface area contributed by atoms with Gasteiger partial charge in [-0.3, -0.25) is 0 Å². The average molecular weight is 298 g/mol. The molecule has 3 aromatic rings.